The summed E-state index contributed by atoms with van der Waals surface area (Å²) in [6.45, 7) is 3.83. The van der Waals surface area contributed by atoms with Crippen molar-refractivity contribution >= 4 is 28.8 Å². The zero-order chi connectivity index (χ0) is 21.5. The third kappa shape index (κ3) is 4.74. The molecule has 0 saturated heterocycles. The third-order valence-corrected chi connectivity index (χ3v) is 4.41. The van der Waals surface area contributed by atoms with Gasteiger partial charge in [0.05, 0.1) is 21.6 Å². The van der Waals surface area contributed by atoms with Crippen molar-refractivity contribution in [1.29, 1.82) is 0 Å². The summed E-state index contributed by atoms with van der Waals surface area (Å²) in [5.41, 5.74) is 5.34. The second-order valence-corrected chi connectivity index (χ2v) is 6.34. The molecular formula is C22H18N4O4. The average molecular weight is 402 g/mol. The summed E-state index contributed by atoms with van der Waals surface area (Å²) >= 11 is 0. The van der Waals surface area contributed by atoms with Crippen LogP contribution in [0.1, 0.15) is 16.7 Å². The summed E-state index contributed by atoms with van der Waals surface area (Å²) in [4.78, 5) is 21.0. The second-order valence-electron chi connectivity index (χ2n) is 6.34. The van der Waals surface area contributed by atoms with Crippen molar-refractivity contribution in [1.82, 2.24) is 0 Å². The Balaban J connectivity index is 2.03. The van der Waals surface area contributed by atoms with Crippen molar-refractivity contribution in [3.8, 4) is 0 Å². The minimum Gasteiger partial charge on any atom is -0.271 e. The summed E-state index contributed by atoms with van der Waals surface area (Å²) in [5, 5.41) is 26.8. The molecule has 0 aliphatic rings. The lowest BCUT2D eigenvalue weighted by atomic mass is 9.98. The fraction of sp³-hybridized carbons (Fsp3) is 0.0455. The summed E-state index contributed by atoms with van der Waals surface area (Å²) in [6, 6.07) is 20.6. The van der Waals surface area contributed by atoms with E-state index in [1.54, 1.807) is 6.08 Å². The number of hydrogen-bond donors (Lipinski definition) is 1. The first-order valence-corrected chi connectivity index (χ1v) is 9.00. The van der Waals surface area contributed by atoms with Crippen LogP contribution in [0.5, 0.6) is 0 Å². The van der Waals surface area contributed by atoms with Gasteiger partial charge in [-0.1, -0.05) is 67.3 Å². The van der Waals surface area contributed by atoms with Crippen LogP contribution in [-0.2, 0) is 6.42 Å². The molecule has 8 nitrogen and oxygen atoms in total. The van der Waals surface area contributed by atoms with Crippen LogP contribution in [0.3, 0.4) is 0 Å². The van der Waals surface area contributed by atoms with E-state index in [9.17, 15) is 20.2 Å². The van der Waals surface area contributed by atoms with E-state index in [4.69, 9.17) is 0 Å². The lowest BCUT2D eigenvalue weighted by molar-refractivity contribution is -0.393. The molecule has 0 bridgehead atoms. The molecule has 3 aromatic carbocycles. The standard InChI is InChI=1S/C22H18N4O4/c1-2-17-10-6-7-11-19(17)21(14-16-8-4-3-5-9-16)24-23-20-13-12-18(25(27)28)15-22(20)26(29)30/h2-13,15,23H,1,14H2/b24-21-. The zero-order valence-electron chi connectivity index (χ0n) is 15.9. The minimum absolute atomic E-state index is 0.0623. The molecule has 3 aromatic rings. The maximum atomic E-state index is 11.4. The second kappa shape index (κ2) is 9.24. The Kier molecular flexibility index (Phi) is 6.29. The Morgan fingerprint density at radius 1 is 0.967 bits per heavy atom. The first-order chi connectivity index (χ1) is 14.5. The van der Waals surface area contributed by atoms with E-state index >= 15 is 0 Å². The molecular weight excluding hydrogens is 384 g/mol. The molecule has 0 unspecified atom stereocenters. The van der Waals surface area contributed by atoms with Crippen molar-refractivity contribution in [3.05, 3.63) is 116 Å². The molecule has 0 aliphatic heterocycles. The highest BCUT2D eigenvalue weighted by atomic mass is 16.6. The molecule has 8 heteroatoms. The van der Waals surface area contributed by atoms with Crippen LogP contribution in [-0.4, -0.2) is 15.6 Å². The van der Waals surface area contributed by atoms with Gasteiger partial charge in [-0.3, -0.25) is 25.7 Å². The average Bonchev–Trinajstić information content (AvgIpc) is 2.77. The van der Waals surface area contributed by atoms with Gasteiger partial charge in [-0.25, -0.2) is 0 Å². The van der Waals surface area contributed by atoms with Gasteiger partial charge in [0, 0.05) is 18.1 Å². The highest BCUT2D eigenvalue weighted by Gasteiger charge is 2.19. The molecule has 0 aliphatic carbocycles. The molecule has 30 heavy (non-hydrogen) atoms. The molecule has 0 spiro atoms. The van der Waals surface area contributed by atoms with Gasteiger partial charge in [-0.15, -0.1) is 0 Å². The van der Waals surface area contributed by atoms with Crippen LogP contribution in [0.15, 0.2) is 84.5 Å². The van der Waals surface area contributed by atoms with E-state index in [1.807, 2.05) is 54.6 Å². The molecule has 3 rings (SSSR count). The number of hydrogen-bond acceptors (Lipinski definition) is 6. The summed E-state index contributed by atoms with van der Waals surface area (Å²) < 4.78 is 0. The number of rotatable bonds is 8. The molecule has 1 N–H and O–H groups in total. The van der Waals surface area contributed by atoms with Crippen LogP contribution in [0.4, 0.5) is 17.1 Å². The van der Waals surface area contributed by atoms with E-state index in [2.05, 4.69) is 17.1 Å². The van der Waals surface area contributed by atoms with Gasteiger partial charge in [-0.2, -0.15) is 5.10 Å². The maximum Gasteiger partial charge on any atom is 0.301 e. The highest BCUT2D eigenvalue weighted by molar-refractivity contribution is 6.05. The number of non-ortho nitro benzene ring substituents is 1. The Hall–Kier alpha value is -4.33. The molecule has 150 valence electrons. The van der Waals surface area contributed by atoms with E-state index in [0.717, 1.165) is 22.8 Å². The van der Waals surface area contributed by atoms with E-state index < -0.39 is 15.5 Å². The van der Waals surface area contributed by atoms with Crippen molar-refractivity contribution in [2.75, 3.05) is 5.43 Å². The summed E-state index contributed by atoms with van der Waals surface area (Å²) in [6.07, 6.45) is 2.18. The molecule has 0 radical (unpaired) electrons. The van der Waals surface area contributed by atoms with Gasteiger partial charge in [0.2, 0.25) is 0 Å². The highest BCUT2D eigenvalue weighted by Crippen LogP contribution is 2.29. The number of nitrogens with zero attached hydrogens (tertiary/aromatic N) is 3. The van der Waals surface area contributed by atoms with E-state index in [-0.39, 0.29) is 11.4 Å². The van der Waals surface area contributed by atoms with Gasteiger partial charge < -0.3 is 0 Å². The van der Waals surface area contributed by atoms with Crippen LogP contribution >= 0.6 is 0 Å². The quantitative estimate of drug-likeness (QED) is 0.316. The lowest BCUT2D eigenvalue weighted by Gasteiger charge is -2.11. The Bertz CT molecular complexity index is 1130. The van der Waals surface area contributed by atoms with Gasteiger partial charge in [-0.05, 0) is 17.2 Å². The lowest BCUT2D eigenvalue weighted by Crippen LogP contribution is -2.10. The van der Waals surface area contributed by atoms with Crippen LogP contribution in [0, 0.1) is 20.2 Å². The van der Waals surface area contributed by atoms with E-state index in [0.29, 0.717) is 12.1 Å². The number of anilines is 1. The number of hydrazone groups is 1. The normalized spacial score (nSPS) is 11.0. The first-order valence-electron chi connectivity index (χ1n) is 9.00. The minimum atomic E-state index is -0.681. The predicted octanol–water partition coefficient (Wildman–Crippen LogP) is 5.20. The first kappa shape index (κ1) is 20.4. The van der Waals surface area contributed by atoms with Crippen molar-refractivity contribution in [2.24, 2.45) is 5.10 Å². The monoisotopic (exact) mass is 402 g/mol. The number of nitrogens with one attached hydrogen (secondary N) is 1. The Labute approximate surface area is 172 Å². The molecule has 0 amide bonds. The van der Waals surface area contributed by atoms with Gasteiger partial charge in [0.15, 0.2) is 0 Å². The van der Waals surface area contributed by atoms with Crippen LogP contribution in [0.25, 0.3) is 6.08 Å². The molecule has 0 atom stereocenters. The van der Waals surface area contributed by atoms with Crippen molar-refractivity contribution in [2.45, 2.75) is 6.42 Å². The number of nitro groups is 2. The zero-order valence-corrected chi connectivity index (χ0v) is 15.9. The Morgan fingerprint density at radius 3 is 2.33 bits per heavy atom. The molecule has 0 saturated carbocycles. The van der Waals surface area contributed by atoms with Crippen LogP contribution < -0.4 is 5.43 Å². The largest absolute Gasteiger partial charge is 0.301 e. The third-order valence-electron chi connectivity index (χ3n) is 4.41. The number of nitro benzene ring substituents is 2. The Morgan fingerprint density at radius 2 is 1.67 bits per heavy atom. The fourth-order valence-electron chi connectivity index (χ4n) is 2.93. The van der Waals surface area contributed by atoms with Crippen LogP contribution in [0.2, 0.25) is 0 Å². The van der Waals surface area contributed by atoms with E-state index in [1.165, 1.54) is 12.1 Å². The number of benzene rings is 3. The molecule has 0 fully saturated rings. The smallest absolute Gasteiger partial charge is 0.271 e. The SMILES string of the molecule is C=Cc1ccccc1/C(Cc1ccccc1)=N\Nc1ccc([N+](=O)[O-])cc1[N+](=O)[O-]. The summed E-state index contributed by atoms with van der Waals surface area (Å²) in [5.74, 6) is 0. The maximum absolute atomic E-state index is 11.4. The fourth-order valence-corrected chi connectivity index (χ4v) is 2.93. The molecule has 0 heterocycles. The van der Waals surface area contributed by atoms with Crippen molar-refractivity contribution in [3.63, 3.8) is 0 Å². The predicted molar refractivity (Wildman–Crippen MR) is 117 cm³/mol. The van der Waals surface area contributed by atoms with Gasteiger partial charge >= 0.3 is 5.69 Å². The topological polar surface area (TPSA) is 111 Å². The van der Waals surface area contributed by atoms with Gasteiger partial charge in [0.25, 0.3) is 5.69 Å². The van der Waals surface area contributed by atoms with Gasteiger partial charge in [0.1, 0.15) is 5.69 Å². The molecule has 0 aromatic heterocycles. The van der Waals surface area contributed by atoms with Crippen molar-refractivity contribution < 1.29 is 9.85 Å². The summed E-state index contributed by atoms with van der Waals surface area (Å²) in [7, 11) is 0.